The predicted molar refractivity (Wildman–Crippen MR) is 64.0 cm³/mol. The lowest BCUT2D eigenvalue weighted by atomic mass is 10.1. The van der Waals surface area contributed by atoms with Gasteiger partial charge in [0.05, 0.1) is 6.10 Å². The normalized spacial score (nSPS) is 22.0. The minimum atomic E-state index is 0.353. The third-order valence-electron chi connectivity index (χ3n) is 2.52. The van der Waals surface area contributed by atoms with Crippen molar-refractivity contribution < 1.29 is 4.74 Å². The molecule has 1 atom stereocenters. The standard InChI is InChI=1S/C10H15ClN2OS/c1-2-14-8-4-3-5-13(6-8)10-12-9(11)7-15-10/h7-8H,2-6H2,1H3. The Bertz CT molecular complexity index is 316. The van der Waals surface area contributed by atoms with Gasteiger partial charge in [-0.25, -0.2) is 4.98 Å². The SMILES string of the molecule is CCOC1CCCN(c2nc(Cl)cs2)C1. The molecule has 1 aromatic heterocycles. The fourth-order valence-corrected chi connectivity index (χ4v) is 2.86. The zero-order valence-corrected chi connectivity index (χ0v) is 10.4. The van der Waals surface area contributed by atoms with Gasteiger partial charge in [-0.15, -0.1) is 11.3 Å². The van der Waals surface area contributed by atoms with Crippen LogP contribution in [0.3, 0.4) is 0 Å². The third-order valence-corrected chi connectivity index (χ3v) is 3.74. The highest BCUT2D eigenvalue weighted by Crippen LogP contribution is 2.26. The van der Waals surface area contributed by atoms with Crippen molar-refractivity contribution in [1.82, 2.24) is 4.98 Å². The van der Waals surface area contributed by atoms with Crippen molar-refractivity contribution in [2.45, 2.75) is 25.9 Å². The Kier molecular flexibility index (Phi) is 3.83. The molecule has 1 unspecified atom stereocenters. The van der Waals surface area contributed by atoms with Crippen LogP contribution < -0.4 is 4.90 Å². The number of nitrogens with zero attached hydrogens (tertiary/aromatic N) is 2. The summed E-state index contributed by atoms with van der Waals surface area (Å²) in [7, 11) is 0. The van der Waals surface area contributed by atoms with E-state index in [9.17, 15) is 0 Å². The van der Waals surface area contributed by atoms with E-state index in [0.29, 0.717) is 11.3 Å². The first-order chi connectivity index (χ1) is 7.29. The van der Waals surface area contributed by atoms with E-state index in [-0.39, 0.29) is 0 Å². The van der Waals surface area contributed by atoms with Crippen molar-refractivity contribution >= 4 is 28.1 Å². The van der Waals surface area contributed by atoms with E-state index in [1.54, 1.807) is 11.3 Å². The highest BCUT2D eigenvalue weighted by Gasteiger charge is 2.21. The number of thiazole rings is 1. The van der Waals surface area contributed by atoms with Crippen molar-refractivity contribution in [2.75, 3.05) is 24.6 Å². The molecular weight excluding hydrogens is 232 g/mol. The van der Waals surface area contributed by atoms with Gasteiger partial charge >= 0.3 is 0 Å². The number of hydrogen-bond donors (Lipinski definition) is 0. The second-order valence-electron chi connectivity index (χ2n) is 3.62. The largest absolute Gasteiger partial charge is 0.377 e. The molecule has 15 heavy (non-hydrogen) atoms. The van der Waals surface area contributed by atoms with Crippen molar-refractivity contribution in [2.24, 2.45) is 0 Å². The first-order valence-electron chi connectivity index (χ1n) is 5.27. The molecule has 0 aliphatic carbocycles. The predicted octanol–water partition coefficient (Wildman–Crippen LogP) is 2.80. The lowest BCUT2D eigenvalue weighted by Gasteiger charge is -2.32. The van der Waals surface area contributed by atoms with E-state index in [0.717, 1.165) is 31.2 Å². The smallest absolute Gasteiger partial charge is 0.186 e. The van der Waals surface area contributed by atoms with Gasteiger partial charge in [-0.3, -0.25) is 0 Å². The van der Waals surface area contributed by atoms with E-state index in [1.165, 1.54) is 6.42 Å². The van der Waals surface area contributed by atoms with E-state index >= 15 is 0 Å². The molecule has 3 nitrogen and oxygen atoms in total. The summed E-state index contributed by atoms with van der Waals surface area (Å²) in [5.74, 6) is 0. The van der Waals surface area contributed by atoms with Gasteiger partial charge in [-0.1, -0.05) is 11.6 Å². The minimum absolute atomic E-state index is 0.353. The first kappa shape index (κ1) is 11.2. The summed E-state index contributed by atoms with van der Waals surface area (Å²) in [6.45, 7) is 4.83. The van der Waals surface area contributed by atoms with E-state index < -0.39 is 0 Å². The lowest BCUT2D eigenvalue weighted by Crippen LogP contribution is -2.39. The first-order valence-corrected chi connectivity index (χ1v) is 6.53. The zero-order chi connectivity index (χ0) is 10.7. The zero-order valence-electron chi connectivity index (χ0n) is 8.78. The summed E-state index contributed by atoms with van der Waals surface area (Å²) in [5.41, 5.74) is 0. The molecule has 84 valence electrons. The molecule has 0 saturated carbocycles. The van der Waals surface area contributed by atoms with Gasteiger partial charge in [0.1, 0.15) is 5.15 Å². The van der Waals surface area contributed by atoms with E-state index in [4.69, 9.17) is 16.3 Å². The second kappa shape index (κ2) is 5.14. The molecule has 5 heteroatoms. The average molecular weight is 247 g/mol. The monoisotopic (exact) mass is 246 g/mol. The Balaban J connectivity index is 1.98. The third kappa shape index (κ3) is 2.83. The number of piperidine rings is 1. The number of aromatic nitrogens is 1. The van der Waals surface area contributed by atoms with Crippen LogP contribution in [0, 0.1) is 0 Å². The van der Waals surface area contributed by atoms with Crippen LogP contribution in [0.25, 0.3) is 0 Å². The molecule has 1 aliphatic heterocycles. The van der Waals surface area contributed by atoms with Crippen molar-refractivity contribution in [1.29, 1.82) is 0 Å². The van der Waals surface area contributed by atoms with Gasteiger partial charge in [0.15, 0.2) is 5.13 Å². The molecule has 0 N–H and O–H groups in total. The topological polar surface area (TPSA) is 25.4 Å². The maximum absolute atomic E-state index is 5.82. The number of halogens is 1. The Morgan fingerprint density at radius 1 is 1.73 bits per heavy atom. The number of anilines is 1. The summed E-state index contributed by atoms with van der Waals surface area (Å²) in [4.78, 5) is 6.55. The summed E-state index contributed by atoms with van der Waals surface area (Å²) in [5, 5.41) is 3.49. The van der Waals surface area contributed by atoms with Crippen LogP contribution >= 0.6 is 22.9 Å². The molecule has 2 heterocycles. The van der Waals surface area contributed by atoms with Gasteiger partial charge in [0.2, 0.25) is 0 Å². The van der Waals surface area contributed by atoms with Crippen LogP contribution in [-0.2, 0) is 4.74 Å². The Morgan fingerprint density at radius 2 is 2.60 bits per heavy atom. The molecule has 1 aromatic rings. The van der Waals surface area contributed by atoms with Gasteiger partial charge < -0.3 is 9.64 Å². The fourth-order valence-electron chi connectivity index (χ4n) is 1.87. The molecule has 0 spiro atoms. The van der Waals surface area contributed by atoms with Crippen LogP contribution in [0.2, 0.25) is 5.15 Å². The molecule has 0 bridgehead atoms. The lowest BCUT2D eigenvalue weighted by molar-refractivity contribution is 0.0526. The maximum Gasteiger partial charge on any atom is 0.186 e. The molecule has 0 radical (unpaired) electrons. The van der Waals surface area contributed by atoms with Crippen LogP contribution in [0.4, 0.5) is 5.13 Å². The molecular formula is C10H15ClN2OS. The van der Waals surface area contributed by atoms with E-state index in [1.807, 2.05) is 12.3 Å². The number of hydrogen-bond acceptors (Lipinski definition) is 4. The molecule has 2 rings (SSSR count). The van der Waals surface area contributed by atoms with Crippen LogP contribution in [0.15, 0.2) is 5.38 Å². The number of rotatable bonds is 3. The van der Waals surface area contributed by atoms with Crippen molar-refractivity contribution in [3.05, 3.63) is 10.5 Å². The molecule has 0 amide bonds. The summed E-state index contributed by atoms with van der Waals surface area (Å²) < 4.78 is 5.64. The minimum Gasteiger partial charge on any atom is -0.377 e. The maximum atomic E-state index is 5.82. The van der Waals surface area contributed by atoms with Gasteiger partial charge in [0.25, 0.3) is 0 Å². The Hall–Kier alpha value is -0.320. The highest BCUT2D eigenvalue weighted by atomic mass is 35.5. The van der Waals surface area contributed by atoms with Crippen LogP contribution in [-0.4, -0.2) is 30.8 Å². The van der Waals surface area contributed by atoms with Crippen molar-refractivity contribution in [3.8, 4) is 0 Å². The summed E-state index contributed by atoms with van der Waals surface area (Å²) >= 11 is 7.42. The molecule has 0 aromatic carbocycles. The Labute approximate surface area is 99.0 Å². The van der Waals surface area contributed by atoms with Crippen LogP contribution in [0.5, 0.6) is 0 Å². The summed E-state index contributed by atoms with van der Waals surface area (Å²) in [6, 6.07) is 0. The van der Waals surface area contributed by atoms with Crippen molar-refractivity contribution in [3.63, 3.8) is 0 Å². The van der Waals surface area contributed by atoms with Gasteiger partial charge in [0, 0.05) is 25.1 Å². The number of ether oxygens (including phenoxy) is 1. The molecule has 1 fully saturated rings. The van der Waals surface area contributed by atoms with Gasteiger partial charge in [-0.05, 0) is 19.8 Å². The quantitative estimate of drug-likeness (QED) is 0.820. The van der Waals surface area contributed by atoms with E-state index in [2.05, 4.69) is 9.88 Å². The summed E-state index contributed by atoms with van der Waals surface area (Å²) in [6.07, 6.45) is 2.68. The molecule has 1 aliphatic rings. The Morgan fingerprint density at radius 3 is 3.27 bits per heavy atom. The second-order valence-corrected chi connectivity index (χ2v) is 4.84. The fraction of sp³-hybridized carbons (Fsp3) is 0.700. The average Bonchev–Trinajstić information content (AvgIpc) is 2.66. The van der Waals surface area contributed by atoms with Crippen LogP contribution in [0.1, 0.15) is 19.8 Å². The van der Waals surface area contributed by atoms with Gasteiger partial charge in [-0.2, -0.15) is 0 Å². The highest BCUT2D eigenvalue weighted by molar-refractivity contribution is 7.14. The molecule has 1 saturated heterocycles.